The van der Waals surface area contributed by atoms with Crippen molar-refractivity contribution in [1.29, 1.82) is 0 Å². The van der Waals surface area contributed by atoms with Crippen molar-refractivity contribution in [3.8, 4) is 11.4 Å². The Hall–Kier alpha value is -3.61. The van der Waals surface area contributed by atoms with Gasteiger partial charge in [-0.15, -0.1) is 11.8 Å². The molecule has 0 amide bonds. The average molecular weight is 531 g/mol. The second-order valence-corrected chi connectivity index (χ2v) is 9.58. The maximum Gasteiger partial charge on any atom is 0.434 e. The van der Waals surface area contributed by atoms with Crippen LogP contribution in [0.1, 0.15) is 50.3 Å². The van der Waals surface area contributed by atoms with Crippen LogP contribution < -0.4 is 10.9 Å². The number of aryl methyl sites for hydroxylation is 1. The van der Waals surface area contributed by atoms with Gasteiger partial charge in [0, 0.05) is 17.1 Å². The monoisotopic (exact) mass is 530 g/mol. The molecule has 0 aliphatic carbocycles. The molecular formula is C24H25F3N8OS. The largest absolute Gasteiger partial charge is 0.434 e. The summed E-state index contributed by atoms with van der Waals surface area (Å²) in [4.78, 5) is 39.1. The number of nitrogens with zero attached hydrogens (tertiary/aromatic N) is 7. The van der Waals surface area contributed by atoms with E-state index in [0.717, 1.165) is 22.7 Å². The van der Waals surface area contributed by atoms with E-state index in [0.29, 0.717) is 6.42 Å². The van der Waals surface area contributed by atoms with Crippen molar-refractivity contribution in [1.82, 2.24) is 34.5 Å². The van der Waals surface area contributed by atoms with E-state index in [1.54, 1.807) is 18.0 Å². The van der Waals surface area contributed by atoms with Gasteiger partial charge < -0.3 is 5.32 Å². The Morgan fingerprint density at radius 2 is 1.86 bits per heavy atom. The Morgan fingerprint density at radius 1 is 1.08 bits per heavy atom. The standard InChI is InChI=1S/C24H25F3N8OS/c1-5-13(3)35-22-17(11-30-20(34-22)18-14(4)31-12-32-19(18)24(25,26)27)33-21(23(35)36)29-9-15-7-8-16(10-28-15)37-6-2/h7-8,10-13H,5-6,9H2,1-4H3,(H,29,33). The number of rotatable bonds is 8. The third-order valence-electron chi connectivity index (χ3n) is 5.74. The van der Waals surface area contributed by atoms with Gasteiger partial charge in [0.1, 0.15) is 11.8 Å². The molecule has 0 saturated heterocycles. The summed E-state index contributed by atoms with van der Waals surface area (Å²) >= 11 is 1.68. The van der Waals surface area contributed by atoms with Crippen LogP contribution in [0.15, 0.2) is 40.5 Å². The van der Waals surface area contributed by atoms with Crippen LogP contribution in [0, 0.1) is 6.92 Å². The van der Waals surface area contributed by atoms with E-state index in [-0.39, 0.29) is 46.7 Å². The molecule has 4 aromatic rings. The van der Waals surface area contributed by atoms with Crippen molar-refractivity contribution < 1.29 is 13.2 Å². The predicted molar refractivity (Wildman–Crippen MR) is 135 cm³/mol. The van der Waals surface area contributed by atoms with Gasteiger partial charge in [-0.2, -0.15) is 13.2 Å². The van der Waals surface area contributed by atoms with E-state index in [2.05, 4.69) is 42.1 Å². The molecule has 37 heavy (non-hydrogen) atoms. The van der Waals surface area contributed by atoms with E-state index in [1.807, 2.05) is 26.0 Å². The van der Waals surface area contributed by atoms with E-state index in [4.69, 9.17) is 0 Å². The number of alkyl halides is 3. The highest BCUT2D eigenvalue weighted by Crippen LogP contribution is 2.35. The minimum atomic E-state index is -4.73. The number of halogens is 3. The normalized spacial score (nSPS) is 12.6. The summed E-state index contributed by atoms with van der Waals surface area (Å²) in [6.07, 6.45) is -0.218. The fourth-order valence-electron chi connectivity index (χ4n) is 3.73. The van der Waals surface area contributed by atoms with Gasteiger partial charge in [-0.25, -0.2) is 24.9 Å². The number of anilines is 1. The van der Waals surface area contributed by atoms with Crippen LogP contribution in [0.2, 0.25) is 0 Å². The lowest BCUT2D eigenvalue weighted by atomic mass is 10.1. The molecule has 0 spiro atoms. The number of fused-ring (bicyclic) bond motifs is 1. The molecule has 0 radical (unpaired) electrons. The van der Waals surface area contributed by atoms with Crippen molar-refractivity contribution in [2.45, 2.75) is 57.8 Å². The quantitative estimate of drug-likeness (QED) is 0.312. The van der Waals surface area contributed by atoms with Gasteiger partial charge in [-0.3, -0.25) is 14.3 Å². The third kappa shape index (κ3) is 5.55. The Labute approximate surface area is 215 Å². The number of aromatic nitrogens is 7. The SMILES string of the molecule is CCSc1ccc(CNc2nc3cnc(-c4c(C)ncnc4C(F)(F)F)nc3n(C(C)CC)c2=O)nc1. The highest BCUT2D eigenvalue weighted by atomic mass is 32.2. The molecule has 4 rings (SSSR count). The second-order valence-electron chi connectivity index (χ2n) is 8.25. The molecule has 1 unspecified atom stereocenters. The van der Waals surface area contributed by atoms with Crippen molar-refractivity contribution in [2.24, 2.45) is 0 Å². The van der Waals surface area contributed by atoms with E-state index in [9.17, 15) is 18.0 Å². The number of hydrogen-bond acceptors (Lipinski definition) is 9. The van der Waals surface area contributed by atoms with E-state index in [1.165, 1.54) is 17.7 Å². The summed E-state index contributed by atoms with van der Waals surface area (Å²) in [5, 5.41) is 3.04. The first kappa shape index (κ1) is 26.5. The third-order valence-corrected chi connectivity index (χ3v) is 6.60. The average Bonchev–Trinajstić information content (AvgIpc) is 2.87. The van der Waals surface area contributed by atoms with Crippen molar-refractivity contribution in [2.75, 3.05) is 11.1 Å². The summed E-state index contributed by atoms with van der Waals surface area (Å²) < 4.78 is 42.4. The fraction of sp³-hybridized carbons (Fsp3) is 0.375. The van der Waals surface area contributed by atoms with Crippen LogP contribution in [0.3, 0.4) is 0 Å². The zero-order valence-electron chi connectivity index (χ0n) is 20.7. The van der Waals surface area contributed by atoms with Crippen LogP contribution in [0.5, 0.6) is 0 Å². The first-order chi connectivity index (χ1) is 17.6. The molecule has 4 aromatic heterocycles. The van der Waals surface area contributed by atoms with Crippen molar-refractivity contribution in [3.63, 3.8) is 0 Å². The summed E-state index contributed by atoms with van der Waals surface area (Å²) in [5.41, 5.74) is -0.732. The molecule has 0 aliphatic heterocycles. The van der Waals surface area contributed by atoms with Gasteiger partial charge in [0.25, 0.3) is 5.56 Å². The lowest BCUT2D eigenvalue weighted by molar-refractivity contribution is -0.140. The molecule has 1 atom stereocenters. The van der Waals surface area contributed by atoms with E-state index >= 15 is 0 Å². The molecule has 4 heterocycles. The Morgan fingerprint density at radius 3 is 2.51 bits per heavy atom. The molecule has 0 saturated carbocycles. The lowest BCUT2D eigenvalue weighted by Gasteiger charge is -2.18. The van der Waals surface area contributed by atoms with Crippen LogP contribution in [-0.2, 0) is 12.7 Å². The number of thioether (sulfide) groups is 1. The first-order valence-electron chi connectivity index (χ1n) is 11.6. The number of hydrogen-bond donors (Lipinski definition) is 1. The molecule has 194 valence electrons. The van der Waals surface area contributed by atoms with Gasteiger partial charge in [-0.05, 0) is 38.2 Å². The van der Waals surface area contributed by atoms with Gasteiger partial charge in [0.05, 0.1) is 29.7 Å². The summed E-state index contributed by atoms with van der Waals surface area (Å²) in [7, 11) is 0. The molecule has 0 aliphatic rings. The highest BCUT2D eigenvalue weighted by Gasteiger charge is 2.37. The minimum Gasteiger partial charge on any atom is -0.360 e. The van der Waals surface area contributed by atoms with Crippen LogP contribution in [-0.4, -0.2) is 40.2 Å². The highest BCUT2D eigenvalue weighted by molar-refractivity contribution is 7.99. The Kier molecular flexibility index (Phi) is 7.71. The van der Waals surface area contributed by atoms with Crippen molar-refractivity contribution >= 4 is 28.7 Å². The maximum absolute atomic E-state index is 13.7. The topological polar surface area (TPSA) is 111 Å². The molecule has 0 fully saturated rings. The molecule has 0 aromatic carbocycles. The van der Waals surface area contributed by atoms with Crippen LogP contribution >= 0.6 is 11.8 Å². The van der Waals surface area contributed by atoms with Crippen LogP contribution in [0.4, 0.5) is 19.0 Å². The molecular weight excluding hydrogens is 505 g/mol. The number of nitrogens with one attached hydrogen (secondary N) is 1. The Balaban J connectivity index is 1.79. The summed E-state index contributed by atoms with van der Waals surface area (Å²) in [5.74, 6) is 0.785. The van der Waals surface area contributed by atoms with Crippen molar-refractivity contribution in [3.05, 3.63) is 58.3 Å². The molecule has 1 N–H and O–H groups in total. The first-order valence-corrected chi connectivity index (χ1v) is 12.6. The zero-order valence-corrected chi connectivity index (χ0v) is 21.5. The number of pyridine rings is 1. The maximum atomic E-state index is 13.7. The predicted octanol–water partition coefficient (Wildman–Crippen LogP) is 5.06. The summed E-state index contributed by atoms with van der Waals surface area (Å²) in [6.45, 7) is 7.48. The van der Waals surface area contributed by atoms with Crippen LogP contribution in [0.25, 0.3) is 22.6 Å². The van der Waals surface area contributed by atoms with Gasteiger partial charge in [-0.1, -0.05) is 13.8 Å². The molecule has 0 bridgehead atoms. The second kappa shape index (κ2) is 10.8. The fourth-order valence-corrected chi connectivity index (χ4v) is 4.35. The smallest absolute Gasteiger partial charge is 0.360 e. The van der Waals surface area contributed by atoms with E-state index < -0.39 is 17.4 Å². The zero-order chi connectivity index (χ0) is 26.7. The molecule has 9 nitrogen and oxygen atoms in total. The Bertz CT molecular complexity index is 1470. The van der Waals surface area contributed by atoms with Gasteiger partial charge in [0.15, 0.2) is 23.0 Å². The summed E-state index contributed by atoms with van der Waals surface area (Å²) in [6, 6.07) is 3.53. The lowest BCUT2D eigenvalue weighted by Crippen LogP contribution is -2.28. The molecule has 13 heteroatoms. The van der Waals surface area contributed by atoms with Gasteiger partial charge in [0.2, 0.25) is 0 Å². The minimum absolute atomic E-state index is 0.0706. The van der Waals surface area contributed by atoms with Gasteiger partial charge >= 0.3 is 6.18 Å².